The number of oxazole rings is 1. The Balaban J connectivity index is 2.55. The van der Waals surface area contributed by atoms with Crippen molar-refractivity contribution in [2.45, 2.75) is 0 Å². The van der Waals surface area contributed by atoms with Crippen LogP contribution >= 0.6 is 34.5 Å². The van der Waals surface area contributed by atoms with E-state index >= 15 is 0 Å². The highest BCUT2D eigenvalue weighted by Gasteiger charge is 2.16. The summed E-state index contributed by atoms with van der Waals surface area (Å²) in [5, 5.41) is 8.64. The topological polar surface area (TPSA) is 75.8 Å². The highest BCUT2D eigenvalue weighted by Crippen LogP contribution is 2.38. The van der Waals surface area contributed by atoms with Crippen LogP contribution in [0.2, 0.25) is 8.67 Å². The first-order valence-electron chi connectivity index (χ1n) is 3.73. The molecular formula is C8H3Cl2N3OS. The van der Waals surface area contributed by atoms with Gasteiger partial charge in [-0.2, -0.15) is 10.2 Å². The molecule has 0 aliphatic carbocycles. The fourth-order valence-corrected chi connectivity index (χ4v) is 2.46. The average molecular weight is 260 g/mol. The van der Waals surface area contributed by atoms with E-state index in [4.69, 9.17) is 38.6 Å². The van der Waals surface area contributed by atoms with Gasteiger partial charge in [0.2, 0.25) is 17.5 Å². The lowest BCUT2D eigenvalue weighted by atomic mass is 10.3. The van der Waals surface area contributed by atoms with E-state index in [0.717, 1.165) is 0 Å². The van der Waals surface area contributed by atoms with Crippen LogP contribution in [-0.4, -0.2) is 4.98 Å². The minimum absolute atomic E-state index is 0.0223. The molecule has 0 aliphatic heterocycles. The SMILES string of the molecule is N#Cc1nc(-c2cc(Cl)sc2Cl)oc1N. The molecule has 2 aromatic rings. The van der Waals surface area contributed by atoms with E-state index in [0.29, 0.717) is 14.2 Å². The van der Waals surface area contributed by atoms with Crippen molar-refractivity contribution in [1.82, 2.24) is 4.98 Å². The molecule has 0 radical (unpaired) electrons. The second kappa shape index (κ2) is 3.74. The van der Waals surface area contributed by atoms with E-state index in [9.17, 15) is 0 Å². The number of hydrogen-bond donors (Lipinski definition) is 1. The molecule has 2 rings (SSSR count). The molecule has 0 atom stereocenters. The van der Waals surface area contributed by atoms with Gasteiger partial charge in [0.15, 0.2) is 0 Å². The predicted molar refractivity (Wildman–Crippen MR) is 59.0 cm³/mol. The third-order valence-electron chi connectivity index (χ3n) is 1.65. The lowest BCUT2D eigenvalue weighted by Gasteiger charge is -1.88. The van der Waals surface area contributed by atoms with Gasteiger partial charge in [-0.1, -0.05) is 23.2 Å². The monoisotopic (exact) mass is 259 g/mol. The summed E-state index contributed by atoms with van der Waals surface area (Å²) in [4.78, 5) is 3.88. The van der Waals surface area contributed by atoms with Gasteiger partial charge in [0, 0.05) is 0 Å². The molecule has 2 aromatic heterocycles. The van der Waals surface area contributed by atoms with Crippen LogP contribution in [0.5, 0.6) is 0 Å². The zero-order valence-corrected chi connectivity index (χ0v) is 9.45. The van der Waals surface area contributed by atoms with Gasteiger partial charge in [-0.15, -0.1) is 11.3 Å². The van der Waals surface area contributed by atoms with Gasteiger partial charge >= 0.3 is 0 Å². The molecule has 0 aliphatic rings. The molecular weight excluding hydrogens is 257 g/mol. The summed E-state index contributed by atoms with van der Waals surface area (Å²) >= 11 is 12.9. The van der Waals surface area contributed by atoms with E-state index in [1.54, 1.807) is 6.07 Å². The summed E-state index contributed by atoms with van der Waals surface area (Å²) in [6, 6.07) is 3.42. The van der Waals surface area contributed by atoms with Crippen LogP contribution in [0.1, 0.15) is 5.69 Å². The fourth-order valence-electron chi connectivity index (χ4n) is 1.01. The van der Waals surface area contributed by atoms with Crippen molar-refractivity contribution in [2.24, 2.45) is 0 Å². The van der Waals surface area contributed by atoms with Crippen molar-refractivity contribution in [3.05, 3.63) is 20.4 Å². The van der Waals surface area contributed by atoms with Crippen molar-refractivity contribution in [3.63, 3.8) is 0 Å². The van der Waals surface area contributed by atoms with Crippen molar-refractivity contribution in [3.8, 4) is 17.5 Å². The van der Waals surface area contributed by atoms with Gasteiger partial charge in [-0.25, -0.2) is 0 Å². The lowest BCUT2D eigenvalue weighted by Crippen LogP contribution is -1.84. The zero-order chi connectivity index (χ0) is 11.0. The normalized spacial score (nSPS) is 10.2. The molecule has 2 N–H and O–H groups in total. The van der Waals surface area contributed by atoms with Gasteiger partial charge in [0.25, 0.3) is 0 Å². The van der Waals surface area contributed by atoms with Gasteiger partial charge in [0.05, 0.1) is 9.90 Å². The molecule has 0 fully saturated rings. The smallest absolute Gasteiger partial charge is 0.232 e. The number of nitriles is 1. The Morgan fingerprint density at radius 3 is 2.73 bits per heavy atom. The summed E-state index contributed by atoms with van der Waals surface area (Å²) in [6.07, 6.45) is 0. The number of anilines is 1. The molecule has 0 saturated carbocycles. The number of rotatable bonds is 1. The first-order valence-corrected chi connectivity index (χ1v) is 5.30. The van der Waals surface area contributed by atoms with E-state index in [2.05, 4.69) is 4.98 Å². The van der Waals surface area contributed by atoms with E-state index in [1.807, 2.05) is 6.07 Å². The van der Waals surface area contributed by atoms with Crippen LogP contribution in [0, 0.1) is 11.3 Å². The highest BCUT2D eigenvalue weighted by atomic mass is 35.5. The van der Waals surface area contributed by atoms with Crippen LogP contribution in [0.3, 0.4) is 0 Å². The van der Waals surface area contributed by atoms with Crippen molar-refractivity contribution in [1.29, 1.82) is 5.26 Å². The highest BCUT2D eigenvalue weighted by molar-refractivity contribution is 7.20. The molecule has 0 saturated heterocycles. The van der Waals surface area contributed by atoms with Crippen molar-refractivity contribution < 1.29 is 4.42 Å². The van der Waals surface area contributed by atoms with Crippen LogP contribution in [0.15, 0.2) is 10.5 Å². The van der Waals surface area contributed by atoms with Gasteiger partial charge in [0.1, 0.15) is 10.4 Å². The summed E-state index contributed by atoms with van der Waals surface area (Å²) < 4.78 is 6.06. The third kappa shape index (κ3) is 1.79. The molecule has 0 bridgehead atoms. The molecule has 15 heavy (non-hydrogen) atoms. The predicted octanol–water partition coefficient (Wildman–Crippen LogP) is 3.16. The Labute approximate surface area is 98.8 Å². The molecule has 7 heteroatoms. The second-order valence-corrected chi connectivity index (χ2v) is 4.87. The minimum atomic E-state index is -0.0223. The summed E-state index contributed by atoms with van der Waals surface area (Å²) in [5.74, 6) is 0.183. The molecule has 2 heterocycles. The summed E-state index contributed by atoms with van der Waals surface area (Å²) in [7, 11) is 0. The third-order valence-corrected chi connectivity index (χ3v) is 3.13. The number of hydrogen-bond acceptors (Lipinski definition) is 5. The standard InChI is InChI=1S/C8H3Cl2N3OS/c9-5-1-3(6(10)15-5)8-13-4(2-11)7(12)14-8/h1H,12H2. The number of nitrogen functional groups attached to an aromatic ring is 1. The first-order chi connectivity index (χ1) is 7.11. The van der Waals surface area contributed by atoms with Gasteiger partial charge in [-0.05, 0) is 6.07 Å². The van der Waals surface area contributed by atoms with Crippen molar-refractivity contribution >= 4 is 40.4 Å². The number of halogens is 2. The molecule has 0 amide bonds. The minimum Gasteiger partial charge on any atom is -0.419 e. The Hall–Kier alpha value is -1.22. The van der Waals surface area contributed by atoms with Crippen molar-refractivity contribution in [2.75, 3.05) is 5.73 Å². The van der Waals surface area contributed by atoms with Crippen LogP contribution in [0.25, 0.3) is 11.5 Å². The zero-order valence-electron chi connectivity index (χ0n) is 7.12. The molecule has 0 spiro atoms. The quantitative estimate of drug-likeness (QED) is 0.854. The average Bonchev–Trinajstić information content (AvgIpc) is 2.69. The fraction of sp³-hybridized carbons (Fsp3) is 0. The van der Waals surface area contributed by atoms with Crippen LogP contribution in [-0.2, 0) is 0 Å². The maximum atomic E-state index is 8.64. The van der Waals surface area contributed by atoms with E-state index in [-0.39, 0.29) is 17.5 Å². The summed E-state index contributed by atoms with van der Waals surface area (Å²) in [6.45, 7) is 0. The first kappa shape index (κ1) is 10.3. The van der Waals surface area contributed by atoms with E-state index in [1.165, 1.54) is 11.3 Å². The molecule has 76 valence electrons. The Morgan fingerprint density at radius 1 is 1.53 bits per heavy atom. The Morgan fingerprint density at radius 2 is 2.27 bits per heavy atom. The molecule has 0 aromatic carbocycles. The largest absolute Gasteiger partial charge is 0.419 e. The number of aromatic nitrogens is 1. The molecule has 0 unspecified atom stereocenters. The molecule has 4 nitrogen and oxygen atoms in total. The maximum Gasteiger partial charge on any atom is 0.232 e. The van der Waals surface area contributed by atoms with Gasteiger partial charge in [-0.3, -0.25) is 0 Å². The van der Waals surface area contributed by atoms with Crippen LogP contribution in [0.4, 0.5) is 5.88 Å². The summed E-state index contributed by atoms with van der Waals surface area (Å²) in [5.41, 5.74) is 6.01. The van der Waals surface area contributed by atoms with Crippen LogP contribution < -0.4 is 5.73 Å². The number of nitrogens with zero attached hydrogens (tertiary/aromatic N) is 2. The Kier molecular flexibility index (Phi) is 2.57. The lowest BCUT2D eigenvalue weighted by molar-refractivity contribution is 0.594. The van der Waals surface area contributed by atoms with E-state index < -0.39 is 0 Å². The number of thiophene rings is 1. The number of nitrogens with two attached hydrogens (primary N) is 1. The second-order valence-electron chi connectivity index (χ2n) is 2.58. The Bertz CT molecular complexity index is 555. The maximum absolute atomic E-state index is 8.64. The van der Waals surface area contributed by atoms with Gasteiger partial charge < -0.3 is 10.2 Å².